The summed E-state index contributed by atoms with van der Waals surface area (Å²) in [5.41, 5.74) is 2.20. The molecule has 2 aliphatic heterocycles. The molecule has 0 aliphatic carbocycles. The number of anilines is 2. The minimum atomic E-state index is -3.59. The molecule has 0 saturated carbocycles. The fourth-order valence-corrected chi connectivity index (χ4v) is 5.92. The van der Waals surface area contributed by atoms with Crippen LogP contribution in [0.3, 0.4) is 0 Å². The van der Waals surface area contributed by atoms with Crippen LogP contribution in [0.2, 0.25) is 0 Å². The van der Waals surface area contributed by atoms with E-state index in [9.17, 15) is 13.2 Å². The monoisotopic (exact) mass is 441 g/mol. The van der Waals surface area contributed by atoms with Crippen molar-refractivity contribution in [2.75, 3.05) is 36.4 Å². The predicted octanol–water partition coefficient (Wildman–Crippen LogP) is 4.35. The van der Waals surface area contributed by atoms with Crippen molar-refractivity contribution in [3.63, 3.8) is 0 Å². The molecule has 7 heteroatoms. The van der Waals surface area contributed by atoms with Crippen molar-refractivity contribution in [1.82, 2.24) is 4.31 Å². The summed E-state index contributed by atoms with van der Waals surface area (Å²) >= 11 is 0. The van der Waals surface area contributed by atoms with Crippen LogP contribution in [0.5, 0.6) is 0 Å². The average molecular weight is 442 g/mol. The molecule has 2 aliphatic rings. The summed E-state index contributed by atoms with van der Waals surface area (Å²) in [6.45, 7) is 5.46. The zero-order valence-corrected chi connectivity index (χ0v) is 18.9. The fraction of sp³-hybridized carbons (Fsp3) is 0.458. The van der Waals surface area contributed by atoms with Crippen LogP contribution in [0.25, 0.3) is 0 Å². The molecule has 1 N–H and O–H groups in total. The number of benzene rings is 2. The molecule has 6 nitrogen and oxygen atoms in total. The number of hydrogen-bond donors (Lipinski definition) is 1. The highest BCUT2D eigenvalue weighted by Crippen LogP contribution is 2.25. The van der Waals surface area contributed by atoms with Gasteiger partial charge in [-0.3, -0.25) is 4.79 Å². The fourth-order valence-electron chi connectivity index (χ4n) is 4.36. The molecule has 0 aromatic heterocycles. The number of hydrogen-bond acceptors (Lipinski definition) is 4. The summed E-state index contributed by atoms with van der Waals surface area (Å²) in [6.07, 6.45) is 5.08. The number of rotatable bonds is 5. The van der Waals surface area contributed by atoms with E-state index in [0.29, 0.717) is 30.3 Å². The first-order chi connectivity index (χ1) is 14.9. The minimum Gasteiger partial charge on any atom is -0.371 e. The maximum atomic E-state index is 13.0. The lowest BCUT2D eigenvalue weighted by atomic mass is 10.2. The summed E-state index contributed by atoms with van der Waals surface area (Å²) < 4.78 is 27.6. The summed E-state index contributed by atoms with van der Waals surface area (Å²) in [6, 6.07) is 14.2. The second-order valence-corrected chi connectivity index (χ2v) is 10.6. The van der Waals surface area contributed by atoms with Gasteiger partial charge in [-0.25, -0.2) is 8.42 Å². The van der Waals surface area contributed by atoms with Crippen molar-refractivity contribution < 1.29 is 13.2 Å². The number of nitrogens with zero attached hydrogens (tertiary/aromatic N) is 2. The molecule has 2 fully saturated rings. The Bertz CT molecular complexity index is 1010. The summed E-state index contributed by atoms with van der Waals surface area (Å²) in [4.78, 5) is 15.3. The molecule has 2 heterocycles. The van der Waals surface area contributed by atoms with Crippen LogP contribution >= 0.6 is 0 Å². The lowest BCUT2D eigenvalue weighted by Crippen LogP contribution is -2.32. The van der Waals surface area contributed by atoms with Crippen molar-refractivity contribution in [2.45, 2.75) is 43.9 Å². The van der Waals surface area contributed by atoms with E-state index in [1.54, 1.807) is 22.5 Å². The second-order valence-electron chi connectivity index (χ2n) is 8.69. The van der Waals surface area contributed by atoms with Gasteiger partial charge in [-0.1, -0.05) is 25.8 Å². The van der Waals surface area contributed by atoms with Gasteiger partial charge in [0.1, 0.15) is 0 Å². The van der Waals surface area contributed by atoms with Crippen molar-refractivity contribution >= 4 is 27.3 Å². The van der Waals surface area contributed by atoms with E-state index in [1.807, 2.05) is 24.3 Å². The molecule has 0 bridgehead atoms. The molecule has 0 spiro atoms. The van der Waals surface area contributed by atoms with Crippen LogP contribution in [0.15, 0.2) is 53.4 Å². The third kappa shape index (κ3) is 5.10. The SMILES string of the molecule is CC1CCN(c2ccc(NC(=O)c3cccc(S(=O)(=O)N4CCCCCC4)c3)cc2)C1. The lowest BCUT2D eigenvalue weighted by Gasteiger charge is -2.20. The van der Waals surface area contributed by atoms with Gasteiger partial charge >= 0.3 is 0 Å². The van der Waals surface area contributed by atoms with Gasteiger partial charge < -0.3 is 10.2 Å². The predicted molar refractivity (Wildman–Crippen MR) is 124 cm³/mol. The summed E-state index contributed by atoms with van der Waals surface area (Å²) in [5.74, 6) is 0.396. The number of nitrogens with one attached hydrogen (secondary N) is 1. The molecule has 2 aromatic carbocycles. The Morgan fingerprint density at radius 3 is 2.32 bits per heavy atom. The van der Waals surface area contributed by atoms with E-state index in [-0.39, 0.29) is 10.8 Å². The quantitative estimate of drug-likeness (QED) is 0.749. The molecule has 2 aromatic rings. The van der Waals surface area contributed by atoms with Gasteiger partial charge in [0.2, 0.25) is 10.0 Å². The van der Waals surface area contributed by atoms with E-state index in [1.165, 1.54) is 12.5 Å². The van der Waals surface area contributed by atoms with Crippen LogP contribution in [-0.4, -0.2) is 44.8 Å². The lowest BCUT2D eigenvalue weighted by molar-refractivity contribution is 0.102. The Morgan fingerprint density at radius 1 is 0.968 bits per heavy atom. The van der Waals surface area contributed by atoms with E-state index in [0.717, 1.165) is 44.5 Å². The molecule has 0 radical (unpaired) electrons. The van der Waals surface area contributed by atoms with Crippen molar-refractivity contribution in [3.8, 4) is 0 Å². The van der Waals surface area contributed by atoms with Gasteiger partial charge in [0.15, 0.2) is 0 Å². The Morgan fingerprint density at radius 2 is 1.68 bits per heavy atom. The van der Waals surface area contributed by atoms with Gasteiger partial charge in [-0.2, -0.15) is 4.31 Å². The highest BCUT2D eigenvalue weighted by Gasteiger charge is 2.26. The van der Waals surface area contributed by atoms with E-state index in [4.69, 9.17) is 0 Å². The highest BCUT2D eigenvalue weighted by molar-refractivity contribution is 7.89. The van der Waals surface area contributed by atoms with E-state index < -0.39 is 10.0 Å². The van der Waals surface area contributed by atoms with Gasteiger partial charge in [0.25, 0.3) is 5.91 Å². The first-order valence-electron chi connectivity index (χ1n) is 11.2. The van der Waals surface area contributed by atoms with Crippen LogP contribution in [0.4, 0.5) is 11.4 Å². The Kier molecular flexibility index (Phi) is 6.62. The van der Waals surface area contributed by atoms with Gasteiger partial charge in [0.05, 0.1) is 4.90 Å². The van der Waals surface area contributed by atoms with Gasteiger partial charge in [-0.15, -0.1) is 0 Å². The van der Waals surface area contributed by atoms with Crippen LogP contribution < -0.4 is 10.2 Å². The molecule has 4 rings (SSSR count). The molecular formula is C24H31N3O3S. The minimum absolute atomic E-state index is 0.181. The molecule has 2 saturated heterocycles. The standard InChI is InChI=1S/C24H31N3O3S/c1-19-13-16-26(18-19)22-11-9-21(10-12-22)25-24(28)20-7-6-8-23(17-20)31(29,30)27-14-4-2-3-5-15-27/h6-12,17,19H,2-5,13-16,18H2,1H3,(H,25,28). The molecule has 1 atom stereocenters. The summed E-state index contributed by atoms with van der Waals surface area (Å²) in [5, 5.41) is 2.89. The molecule has 166 valence electrons. The third-order valence-electron chi connectivity index (χ3n) is 6.21. The first kappa shape index (κ1) is 21.8. The van der Waals surface area contributed by atoms with Crippen LogP contribution in [0, 0.1) is 5.92 Å². The topological polar surface area (TPSA) is 69.7 Å². The summed E-state index contributed by atoms with van der Waals surface area (Å²) in [7, 11) is -3.59. The van der Waals surface area contributed by atoms with Crippen LogP contribution in [-0.2, 0) is 10.0 Å². The highest BCUT2D eigenvalue weighted by atomic mass is 32.2. The smallest absolute Gasteiger partial charge is 0.255 e. The maximum absolute atomic E-state index is 13.0. The zero-order chi connectivity index (χ0) is 21.8. The number of carbonyl (C=O) groups is 1. The maximum Gasteiger partial charge on any atom is 0.255 e. The number of amides is 1. The number of sulfonamides is 1. The van der Waals surface area contributed by atoms with Crippen LogP contribution in [0.1, 0.15) is 49.4 Å². The van der Waals surface area contributed by atoms with Gasteiger partial charge in [0, 0.05) is 43.1 Å². The average Bonchev–Trinajstić information content (AvgIpc) is 3.02. The molecular weight excluding hydrogens is 410 g/mol. The van der Waals surface area contributed by atoms with E-state index in [2.05, 4.69) is 17.1 Å². The largest absolute Gasteiger partial charge is 0.371 e. The van der Waals surface area contributed by atoms with Gasteiger partial charge in [-0.05, 0) is 67.6 Å². The Hall–Kier alpha value is -2.38. The first-order valence-corrected chi connectivity index (χ1v) is 12.6. The molecule has 31 heavy (non-hydrogen) atoms. The third-order valence-corrected chi connectivity index (χ3v) is 8.11. The molecule has 1 unspecified atom stereocenters. The second kappa shape index (κ2) is 9.40. The van der Waals surface area contributed by atoms with Crippen molar-refractivity contribution in [1.29, 1.82) is 0 Å². The number of carbonyl (C=O) groups excluding carboxylic acids is 1. The van der Waals surface area contributed by atoms with E-state index >= 15 is 0 Å². The Balaban J connectivity index is 1.45. The van der Waals surface area contributed by atoms with Crippen molar-refractivity contribution in [2.24, 2.45) is 5.92 Å². The zero-order valence-electron chi connectivity index (χ0n) is 18.1. The Labute approximate surface area is 185 Å². The molecule has 1 amide bonds. The van der Waals surface area contributed by atoms with Crippen molar-refractivity contribution in [3.05, 3.63) is 54.1 Å². The normalized spacial score (nSPS) is 20.4.